The van der Waals surface area contributed by atoms with Crippen LogP contribution in [-0.2, 0) is 20.7 Å². The lowest BCUT2D eigenvalue weighted by Gasteiger charge is -2.29. The van der Waals surface area contributed by atoms with Gasteiger partial charge in [0.1, 0.15) is 25.5 Å². The number of nitrogens with one attached hydrogen (secondary N) is 3. The number of amides is 3. The number of hydrogen-bond donors (Lipinski definition) is 4. The molecule has 2 aromatic carbocycles. The largest absolute Gasteiger partial charge is 0.453 e. The van der Waals surface area contributed by atoms with Gasteiger partial charge < -0.3 is 35.6 Å². The highest BCUT2D eigenvalue weighted by molar-refractivity contribution is 6.17. The number of ether oxygens (including phenoxy) is 1. The molecule has 5 atom stereocenters. The first kappa shape index (κ1) is 47.2. The Morgan fingerprint density at radius 3 is 1.97 bits per heavy atom. The van der Waals surface area contributed by atoms with Gasteiger partial charge in [0, 0.05) is 19.0 Å². The zero-order valence-corrected chi connectivity index (χ0v) is 41.1. The van der Waals surface area contributed by atoms with E-state index >= 15 is 0 Å². The van der Waals surface area contributed by atoms with Crippen LogP contribution >= 0.6 is 0 Å². The molecule has 358 valence electrons. The highest BCUT2D eigenvalue weighted by atomic mass is 16.5. The van der Waals surface area contributed by atoms with Crippen molar-refractivity contribution in [3.63, 3.8) is 0 Å². The third-order valence-electron chi connectivity index (χ3n) is 15.9. The van der Waals surface area contributed by atoms with Gasteiger partial charge in [-0.2, -0.15) is 0 Å². The maximum atomic E-state index is 13.9. The van der Waals surface area contributed by atoms with E-state index in [0.29, 0.717) is 24.3 Å². The Morgan fingerprint density at radius 1 is 0.746 bits per heavy atom. The van der Waals surface area contributed by atoms with Gasteiger partial charge in [0.2, 0.25) is 11.8 Å². The topological polar surface area (TPSA) is 162 Å². The van der Waals surface area contributed by atoms with Crippen LogP contribution in [0.4, 0.5) is 4.79 Å². The van der Waals surface area contributed by atoms with Crippen LogP contribution in [-0.4, -0.2) is 87.8 Å². The molecule has 2 aliphatic heterocycles. The minimum atomic E-state index is -0.664. The van der Waals surface area contributed by atoms with Gasteiger partial charge in [-0.05, 0) is 160 Å². The second-order valence-corrected chi connectivity index (χ2v) is 21.3. The standard InChI is InChI=1S/C54H75BN8O4/c1-31(2)48(56)52(64)62-24-10-14-46(62)50-59-44-28-40(35-22-23-35)41(29-45(44)60-50)38-13-9-7-6-8-12-33(17-19-37(38)30-55)16-18-36-26-42-43(27-39(36)34-20-21-34)58-51(57-42)47-15-11-25-63(47)53(65)49(32(3)4)61-54(66)67-5/h16,26-32,34-35,38,46-49H,6-15,17-25,55-56H2,1-5H3,(H,57,58)(H,59,60)(H,61,66)/b33-16+,37-30-/t38-,46+,47+,48+,49+/m1/s1. The number of hydrogen-bond acceptors (Lipinski definition) is 7. The van der Waals surface area contributed by atoms with Crippen molar-refractivity contribution in [3.05, 3.63) is 81.4 Å². The van der Waals surface area contributed by atoms with Crippen molar-refractivity contribution in [2.24, 2.45) is 17.6 Å². The number of H-pyrrole nitrogens is 2. The average Bonchev–Trinajstić information content (AvgIpc) is 4.13. The number of methoxy groups -OCH3 is 1. The fourth-order valence-electron chi connectivity index (χ4n) is 11.5. The van der Waals surface area contributed by atoms with E-state index in [1.807, 2.05) is 37.5 Å². The Balaban J connectivity index is 0.946. The number of carbonyl (C=O) groups is 3. The number of fused-ring (bicyclic) bond motifs is 2. The number of likely N-dealkylation sites (tertiary alicyclic amines) is 2. The molecular weight excluding hydrogens is 835 g/mol. The Labute approximate surface area is 398 Å². The Morgan fingerprint density at radius 2 is 1.36 bits per heavy atom. The summed E-state index contributed by atoms with van der Waals surface area (Å²) >= 11 is 0. The molecule has 0 bridgehead atoms. The van der Waals surface area contributed by atoms with E-state index in [0.717, 1.165) is 98.0 Å². The molecule has 2 aromatic heterocycles. The molecular formula is C54H75BN8O4. The van der Waals surface area contributed by atoms with Crippen LogP contribution in [0.25, 0.3) is 22.1 Å². The fourth-order valence-corrected chi connectivity index (χ4v) is 11.5. The first-order valence-electron chi connectivity index (χ1n) is 26.0. The summed E-state index contributed by atoms with van der Waals surface area (Å²) in [5.74, 6) is 5.64. The third kappa shape index (κ3) is 10.3. The molecule has 0 unspecified atom stereocenters. The SMILES string of the molecule is B/C=C1/CC/C(=C/Cc2cc3nc([C@@H]4CCCN4C(=O)[C@@H](NC(=O)OC)C(C)C)[nH]c3cc2C2CC2)CCCCCC[C@H]1c1cc2nc([C@@H]3CCCN3C(=O)[C@@H](N)C(C)C)[nH]c2cc1C1CC1. The molecule has 67 heavy (non-hydrogen) atoms. The molecule has 2 saturated heterocycles. The second kappa shape index (κ2) is 20.4. The van der Waals surface area contributed by atoms with Gasteiger partial charge in [0.25, 0.3) is 0 Å². The van der Waals surface area contributed by atoms with Crippen LogP contribution in [0, 0.1) is 11.8 Å². The van der Waals surface area contributed by atoms with Gasteiger partial charge in [-0.1, -0.05) is 64.2 Å². The van der Waals surface area contributed by atoms with Crippen molar-refractivity contribution in [3.8, 4) is 0 Å². The molecule has 13 heteroatoms. The predicted molar refractivity (Wildman–Crippen MR) is 269 cm³/mol. The Bertz CT molecular complexity index is 2510. The summed E-state index contributed by atoms with van der Waals surface area (Å²) in [5, 5.41) is 2.77. The molecule has 4 aromatic rings. The summed E-state index contributed by atoms with van der Waals surface area (Å²) in [7, 11) is 3.57. The van der Waals surface area contributed by atoms with E-state index in [2.05, 4.69) is 59.4 Å². The fraction of sp³-hybridized carbons (Fsp3) is 0.611. The Hall–Kier alpha value is -4.91. The quantitative estimate of drug-likeness (QED) is 0.0813. The smallest absolute Gasteiger partial charge is 0.407 e. The lowest BCUT2D eigenvalue weighted by atomic mass is 9.78. The molecule has 3 aliphatic carbocycles. The van der Waals surface area contributed by atoms with Crippen LogP contribution < -0.4 is 11.1 Å². The summed E-state index contributed by atoms with van der Waals surface area (Å²) in [6, 6.07) is 8.09. The van der Waals surface area contributed by atoms with E-state index in [1.54, 1.807) is 11.1 Å². The monoisotopic (exact) mass is 911 g/mol. The molecule has 12 nitrogen and oxygen atoms in total. The van der Waals surface area contributed by atoms with Crippen molar-refractivity contribution in [2.75, 3.05) is 20.2 Å². The summed E-state index contributed by atoms with van der Waals surface area (Å²) in [6.45, 7) is 9.30. The summed E-state index contributed by atoms with van der Waals surface area (Å²) < 4.78 is 4.85. The molecule has 4 heterocycles. The minimum absolute atomic E-state index is 0.0348. The summed E-state index contributed by atoms with van der Waals surface area (Å²) in [6.07, 6.45) is 20.7. The molecule has 5 fully saturated rings. The number of alkyl carbamates (subject to hydrolysis) is 1. The summed E-state index contributed by atoms with van der Waals surface area (Å²) in [5.41, 5.74) is 19.4. The minimum Gasteiger partial charge on any atom is -0.453 e. The number of imidazole rings is 2. The maximum absolute atomic E-state index is 13.9. The van der Waals surface area contributed by atoms with Gasteiger partial charge in [0.15, 0.2) is 0 Å². The van der Waals surface area contributed by atoms with Crippen LogP contribution in [0.2, 0.25) is 0 Å². The number of aromatic nitrogens is 4. The predicted octanol–water partition coefficient (Wildman–Crippen LogP) is 9.79. The van der Waals surface area contributed by atoms with Crippen molar-refractivity contribution in [1.29, 1.82) is 0 Å². The lowest BCUT2D eigenvalue weighted by Crippen LogP contribution is -2.51. The zero-order chi connectivity index (χ0) is 46.9. The molecule has 0 spiro atoms. The van der Waals surface area contributed by atoms with Crippen LogP contribution in [0.3, 0.4) is 0 Å². The number of nitrogens with zero attached hydrogens (tertiary/aromatic N) is 4. The van der Waals surface area contributed by atoms with Gasteiger partial charge in [0.05, 0.1) is 47.3 Å². The van der Waals surface area contributed by atoms with Crippen molar-refractivity contribution < 1.29 is 19.1 Å². The van der Waals surface area contributed by atoms with Gasteiger partial charge in [-0.15, -0.1) is 5.98 Å². The molecule has 3 amide bonds. The highest BCUT2D eigenvalue weighted by Gasteiger charge is 2.39. The van der Waals surface area contributed by atoms with Gasteiger partial charge in [-0.3, -0.25) is 9.59 Å². The van der Waals surface area contributed by atoms with E-state index in [4.69, 9.17) is 20.4 Å². The number of aromatic amines is 2. The first-order valence-corrected chi connectivity index (χ1v) is 26.0. The molecule has 0 radical (unpaired) electrons. The van der Waals surface area contributed by atoms with Crippen molar-refractivity contribution >= 4 is 47.8 Å². The maximum Gasteiger partial charge on any atom is 0.407 e. The molecule has 5 aliphatic rings. The van der Waals surface area contributed by atoms with Crippen molar-refractivity contribution in [2.45, 2.75) is 179 Å². The van der Waals surface area contributed by atoms with E-state index in [1.165, 1.54) is 80.7 Å². The lowest BCUT2D eigenvalue weighted by molar-refractivity contribution is -0.136. The Kier molecular flexibility index (Phi) is 14.3. The van der Waals surface area contributed by atoms with Crippen molar-refractivity contribution in [1.82, 2.24) is 35.1 Å². The zero-order valence-electron chi connectivity index (χ0n) is 41.1. The van der Waals surface area contributed by atoms with E-state index in [9.17, 15) is 14.4 Å². The number of allylic oxidation sites excluding steroid dienone is 3. The van der Waals surface area contributed by atoms with Crippen LogP contribution in [0.5, 0.6) is 0 Å². The van der Waals surface area contributed by atoms with Crippen LogP contribution in [0.15, 0.2) is 47.5 Å². The summed E-state index contributed by atoms with van der Waals surface area (Å²) in [4.78, 5) is 61.2. The first-order chi connectivity index (χ1) is 32.4. The third-order valence-corrected chi connectivity index (χ3v) is 15.9. The second-order valence-electron chi connectivity index (χ2n) is 21.3. The van der Waals surface area contributed by atoms with Gasteiger partial charge in [-0.25, -0.2) is 14.8 Å². The molecule has 3 saturated carbocycles. The molecule has 9 rings (SSSR count). The number of benzene rings is 2. The number of rotatable bonds is 12. The number of carbonyl (C=O) groups excluding carboxylic acids is 3. The highest BCUT2D eigenvalue weighted by Crippen LogP contribution is 2.48. The van der Waals surface area contributed by atoms with Crippen LogP contribution in [0.1, 0.15) is 194 Å². The molecule has 5 N–H and O–H groups in total. The van der Waals surface area contributed by atoms with Gasteiger partial charge >= 0.3 is 6.09 Å². The number of nitrogens with two attached hydrogens (primary N) is 1. The van der Waals surface area contributed by atoms with E-state index in [-0.39, 0.29) is 35.7 Å². The normalized spacial score (nSPS) is 24.3. The average molecular weight is 911 g/mol. The van der Waals surface area contributed by atoms with E-state index < -0.39 is 18.2 Å².